The highest BCUT2D eigenvalue weighted by atomic mass is 35.5. The van der Waals surface area contributed by atoms with Crippen LogP contribution in [0.5, 0.6) is 0 Å². The van der Waals surface area contributed by atoms with E-state index >= 15 is 0 Å². The minimum absolute atomic E-state index is 0.0262. The standard InChI is InChI=1S/C9H6ClFN2O/c10-6-3-1-2-5(8(6)11)9-7(12)4-13-14-9/h1-4H,12H2. The van der Waals surface area contributed by atoms with E-state index in [1.165, 1.54) is 18.3 Å². The smallest absolute Gasteiger partial charge is 0.192 e. The van der Waals surface area contributed by atoms with Gasteiger partial charge >= 0.3 is 0 Å². The normalized spacial score (nSPS) is 10.4. The predicted molar refractivity (Wildman–Crippen MR) is 51.3 cm³/mol. The second kappa shape index (κ2) is 3.31. The lowest BCUT2D eigenvalue weighted by Gasteiger charge is -2.00. The van der Waals surface area contributed by atoms with Crippen molar-refractivity contribution in [3.05, 3.63) is 35.2 Å². The van der Waals surface area contributed by atoms with Crippen LogP contribution in [0.2, 0.25) is 5.02 Å². The first-order valence-electron chi connectivity index (χ1n) is 3.84. The zero-order valence-electron chi connectivity index (χ0n) is 7.00. The quantitative estimate of drug-likeness (QED) is 0.791. The van der Waals surface area contributed by atoms with E-state index in [0.717, 1.165) is 0 Å². The highest BCUT2D eigenvalue weighted by Crippen LogP contribution is 2.30. The van der Waals surface area contributed by atoms with Crippen molar-refractivity contribution in [3.63, 3.8) is 0 Å². The van der Waals surface area contributed by atoms with Crippen molar-refractivity contribution >= 4 is 17.3 Å². The number of nitrogen functional groups attached to an aromatic ring is 1. The van der Waals surface area contributed by atoms with Crippen molar-refractivity contribution in [3.8, 4) is 11.3 Å². The fourth-order valence-corrected chi connectivity index (χ4v) is 1.31. The summed E-state index contributed by atoms with van der Waals surface area (Å²) >= 11 is 5.61. The fourth-order valence-electron chi connectivity index (χ4n) is 1.13. The van der Waals surface area contributed by atoms with Gasteiger partial charge in [-0.3, -0.25) is 0 Å². The van der Waals surface area contributed by atoms with Crippen LogP contribution in [-0.4, -0.2) is 5.16 Å². The van der Waals surface area contributed by atoms with Gasteiger partial charge in [-0.15, -0.1) is 0 Å². The number of rotatable bonds is 1. The molecule has 0 saturated heterocycles. The lowest BCUT2D eigenvalue weighted by molar-refractivity contribution is 0.430. The van der Waals surface area contributed by atoms with E-state index in [0.29, 0.717) is 0 Å². The third kappa shape index (κ3) is 1.33. The summed E-state index contributed by atoms with van der Waals surface area (Å²) in [6, 6.07) is 4.59. The molecule has 0 atom stereocenters. The van der Waals surface area contributed by atoms with E-state index in [1.54, 1.807) is 6.07 Å². The summed E-state index contributed by atoms with van der Waals surface area (Å²) in [5.41, 5.74) is 6.02. The largest absolute Gasteiger partial charge is 0.394 e. The van der Waals surface area contributed by atoms with E-state index in [2.05, 4.69) is 5.16 Å². The molecule has 0 spiro atoms. The summed E-state index contributed by atoms with van der Waals surface area (Å²) in [6.45, 7) is 0. The van der Waals surface area contributed by atoms with Gasteiger partial charge in [-0.05, 0) is 12.1 Å². The van der Waals surface area contributed by atoms with Crippen molar-refractivity contribution in [2.24, 2.45) is 0 Å². The van der Waals surface area contributed by atoms with Crippen LogP contribution in [0, 0.1) is 5.82 Å². The first-order chi connectivity index (χ1) is 6.70. The van der Waals surface area contributed by atoms with Gasteiger partial charge in [-0.25, -0.2) is 4.39 Å². The Bertz CT molecular complexity index is 470. The molecule has 0 unspecified atom stereocenters. The molecule has 0 aliphatic rings. The van der Waals surface area contributed by atoms with Crippen molar-refractivity contribution in [1.82, 2.24) is 5.16 Å². The Morgan fingerprint density at radius 1 is 1.43 bits per heavy atom. The topological polar surface area (TPSA) is 52.0 Å². The maximum atomic E-state index is 13.5. The summed E-state index contributed by atoms with van der Waals surface area (Å²) < 4.78 is 18.3. The molecule has 14 heavy (non-hydrogen) atoms. The molecule has 0 aliphatic heterocycles. The molecular formula is C9H6ClFN2O. The van der Waals surface area contributed by atoms with Crippen LogP contribution >= 0.6 is 11.6 Å². The van der Waals surface area contributed by atoms with E-state index in [9.17, 15) is 4.39 Å². The highest BCUT2D eigenvalue weighted by Gasteiger charge is 2.14. The van der Waals surface area contributed by atoms with Gasteiger partial charge in [0.25, 0.3) is 0 Å². The first-order valence-corrected chi connectivity index (χ1v) is 4.22. The third-order valence-electron chi connectivity index (χ3n) is 1.79. The number of hydrogen-bond acceptors (Lipinski definition) is 3. The van der Waals surface area contributed by atoms with Gasteiger partial charge in [-0.2, -0.15) is 0 Å². The van der Waals surface area contributed by atoms with Crippen LogP contribution in [0.15, 0.2) is 28.9 Å². The van der Waals surface area contributed by atoms with Crippen molar-refractivity contribution in [2.75, 3.05) is 5.73 Å². The molecule has 72 valence electrons. The van der Waals surface area contributed by atoms with Crippen LogP contribution in [0.1, 0.15) is 0 Å². The minimum atomic E-state index is -0.558. The lowest BCUT2D eigenvalue weighted by atomic mass is 10.1. The summed E-state index contributed by atoms with van der Waals surface area (Å²) in [5.74, 6) is -0.359. The predicted octanol–water partition coefficient (Wildman–Crippen LogP) is 2.72. The van der Waals surface area contributed by atoms with Crippen LogP contribution in [0.25, 0.3) is 11.3 Å². The van der Waals surface area contributed by atoms with E-state index < -0.39 is 5.82 Å². The molecule has 0 radical (unpaired) electrons. The number of nitrogens with zero attached hydrogens (tertiary/aromatic N) is 1. The van der Waals surface area contributed by atoms with Gasteiger partial charge in [0.1, 0.15) is 5.69 Å². The van der Waals surface area contributed by atoms with Crippen molar-refractivity contribution < 1.29 is 8.91 Å². The Morgan fingerprint density at radius 2 is 2.21 bits per heavy atom. The van der Waals surface area contributed by atoms with Gasteiger partial charge in [0.2, 0.25) is 0 Å². The number of benzene rings is 1. The highest BCUT2D eigenvalue weighted by molar-refractivity contribution is 6.31. The van der Waals surface area contributed by atoms with Crippen LogP contribution < -0.4 is 5.73 Å². The zero-order chi connectivity index (χ0) is 10.1. The van der Waals surface area contributed by atoms with Crippen LogP contribution in [0.3, 0.4) is 0 Å². The summed E-state index contributed by atoms with van der Waals surface area (Å²) in [5, 5.41) is 3.49. The van der Waals surface area contributed by atoms with E-state index in [1.807, 2.05) is 0 Å². The van der Waals surface area contributed by atoms with Crippen LogP contribution in [-0.2, 0) is 0 Å². The van der Waals surface area contributed by atoms with E-state index in [-0.39, 0.29) is 22.0 Å². The second-order valence-corrected chi connectivity index (χ2v) is 3.12. The number of nitrogens with two attached hydrogens (primary N) is 1. The van der Waals surface area contributed by atoms with Crippen molar-refractivity contribution in [2.45, 2.75) is 0 Å². The van der Waals surface area contributed by atoms with Gasteiger partial charge in [0, 0.05) is 0 Å². The maximum Gasteiger partial charge on any atom is 0.192 e. The zero-order valence-corrected chi connectivity index (χ0v) is 7.75. The Balaban J connectivity index is 2.63. The van der Waals surface area contributed by atoms with Gasteiger partial charge in [-0.1, -0.05) is 22.8 Å². The summed E-state index contributed by atoms with van der Waals surface area (Å²) in [4.78, 5) is 0. The Kier molecular flexibility index (Phi) is 2.13. The average Bonchev–Trinajstić information content (AvgIpc) is 2.57. The SMILES string of the molecule is Nc1cnoc1-c1cccc(Cl)c1F. The molecule has 2 rings (SSSR count). The second-order valence-electron chi connectivity index (χ2n) is 2.71. The Hall–Kier alpha value is -1.55. The number of aromatic nitrogens is 1. The maximum absolute atomic E-state index is 13.5. The molecule has 1 heterocycles. The monoisotopic (exact) mass is 212 g/mol. The lowest BCUT2D eigenvalue weighted by Crippen LogP contribution is -1.88. The third-order valence-corrected chi connectivity index (χ3v) is 2.09. The molecule has 0 fully saturated rings. The first kappa shape index (κ1) is 9.02. The van der Waals surface area contributed by atoms with Gasteiger partial charge in [0.05, 0.1) is 16.8 Å². The molecule has 5 heteroatoms. The number of hydrogen-bond donors (Lipinski definition) is 1. The molecule has 0 saturated carbocycles. The van der Waals surface area contributed by atoms with Gasteiger partial charge in [0.15, 0.2) is 11.6 Å². The molecule has 3 nitrogen and oxygen atoms in total. The molecular weight excluding hydrogens is 207 g/mol. The molecule has 1 aromatic carbocycles. The molecule has 2 N–H and O–H groups in total. The number of halogens is 2. The Labute approximate surface area is 84.3 Å². The van der Waals surface area contributed by atoms with Crippen molar-refractivity contribution in [1.29, 1.82) is 0 Å². The number of anilines is 1. The Morgan fingerprint density at radius 3 is 2.86 bits per heavy atom. The van der Waals surface area contributed by atoms with Gasteiger partial charge < -0.3 is 10.3 Å². The van der Waals surface area contributed by atoms with E-state index in [4.69, 9.17) is 21.9 Å². The fraction of sp³-hybridized carbons (Fsp3) is 0. The minimum Gasteiger partial charge on any atom is -0.394 e. The van der Waals surface area contributed by atoms with Crippen LogP contribution in [0.4, 0.5) is 10.1 Å². The summed E-state index contributed by atoms with van der Waals surface area (Å²) in [6.07, 6.45) is 1.32. The molecule has 2 aromatic rings. The molecule has 0 aliphatic carbocycles. The molecule has 0 bridgehead atoms. The summed E-state index contributed by atoms with van der Waals surface area (Å²) in [7, 11) is 0. The average molecular weight is 213 g/mol. The molecule has 1 aromatic heterocycles. The molecule has 0 amide bonds.